The average molecular weight is 342 g/mol. The summed E-state index contributed by atoms with van der Waals surface area (Å²) < 4.78 is 41.4. The van der Waals surface area contributed by atoms with Gasteiger partial charge in [0, 0.05) is 19.1 Å². The lowest BCUT2D eigenvalue weighted by Gasteiger charge is -2.32. The third kappa shape index (κ3) is 6.93. The fraction of sp³-hybridized carbons (Fsp3) is 0.556. The predicted molar refractivity (Wildman–Crippen MR) is 89.1 cm³/mol. The second-order valence-electron chi connectivity index (χ2n) is 6.44. The van der Waals surface area contributed by atoms with E-state index >= 15 is 0 Å². The molecule has 1 N–H and O–H groups in total. The first-order valence-corrected chi connectivity index (χ1v) is 8.20. The van der Waals surface area contributed by atoms with Crippen LogP contribution in [0.4, 0.5) is 13.2 Å². The molecule has 2 rings (SSSR count). The molecule has 24 heavy (non-hydrogen) atoms. The van der Waals surface area contributed by atoms with Crippen LogP contribution in [0.1, 0.15) is 25.3 Å². The van der Waals surface area contributed by atoms with Gasteiger partial charge >= 0.3 is 6.18 Å². The summed E-state index contributed by atoms with van der Waals surface area (Å²) in [5.74, 6) is 0.253. The summed E-state index contributed by atoms with van der Waals surface area (Å²) in [7, 11) is 0. The lowest BCUT2D eigenvalue weighted by Crippen LogP contribution is -2.42. The van der Waals surface area contributed by atoms with Gasteiger partial charge in [-0.15, -0.1) is 0 Å². The number of benzene rings is 1. The van der Waals surface area contributed by atoms with Crippen molar-refractivity contribution in [3.63, 3.8) is 0 Å². The summed E-state index contributed by atoms with van der Waals surface area (Å²) in [4.78, 5) is 2.39. The van der Waals surface area contributed by atoms with E-state index in [1.165, 1.54) is 5.57 Å². The summed E-state index contributed by atoms with van der Waals surface area (Å²) in [6.45, 7) is 8.39. The van der Waals surface area contributed by atoms with E-state index < -0.39 is 12.8 Å². The molecule has 6 heteroatoms. The highest BCUT2D eigenvalue weighted by molar-refractivity contribution is 5.28. The third-order valence-corrected chi connectivity index (χ3v) is 3.98. The highest BCUT2D eigenvalue weighted by atomic mass is 19.4. The van der Waals surface area contributed by atoms with Crippen molar-refractivity contribution in [2.24, 2.45) is 0 Å². The Morgan fingerprint density at radius 3 is 2.67 bits per heavy atom. The molecule has 0 atom stereocenters. The molecule has 1 saturated heterocycles. The summed E-state index contributed by atoms with van der Waals surface area (Å²) in [6, 6.07) is 7.26. The zero-order valence-electron chi connectivity index (χ0n) is 14.0. The fourth-order valence-corrected chi connectivity index (χ4v) is 2.85. The van der Waals surface area contributed by atoms with Crippen LogP contribution in [-0.4, -0.2) is 43.4 Å². The van der Waals surface area contributed by atoms with Crippen LogP contribution in [0.2, 0.25) is 0 Å². The van der Waals surface area contributed by atoms with Crippen molar-refractivity contribution >= 4 is 0 Å². The topological polar surface area (TPSA) is 24.5 Å². The maximum Gasteiger partial charge on any atom is 0.422 e. The SMILES string of the molecule is C=C(C)CN1CCC(NCc2cccc(OCC(F)(F)F)c2)CC1. The van der Waals surface area contributed by atoms with E-state index in [1.54, 1.807) is 18.2 Å². The van der Waals surface area contributed by atoms with E-state index in [4.69, 9.17) is 4.74 Å². The Morgan fingerprint density at radius 2 is 2.04 bits per heavy atom. The molecule has 0 aromatic heterocycles. The zero-order chi connectivity index (χ0) is 17.6. The molecule has 1 aliphatic heterocycles. The van der Waals surface area contributed by atoms with Crippen molar-refractivity contribution in [3.05, 3.63) is 42.0 Å². The number of rotatable bonds is 7. The van der Waals surface area contributed by atoms with Gasteiger partial charge in [0.05, 0.1) is 0 Å². The molecule has 1 heterocycles. The van der Waals surface area contributed by atoms with Crippen LogP contribution in [0, 0.1) is 0 Å². The molecular formula is C18H25F3N2O. The second kappa shape index (κ2) is 8.53. The quantitative estimate of drug-likeness (QED) is 0.764. The van der Waals surface area contributed by atoms with E-state index in [9.17, 15) is 13.2 Å². The predicted octanol–water partition coefficient (Wildman–Crippen LogP) is 3.76. The lowest BCUT2D eigenvalue weighted by atomic mass is 10.0. The van der Waals surface area contributed by atoms with Crippen molar-refractivity contribution in [1.29, 1.82) is 0 Å². The molecule has 134 valence electrons. The minimum absolute atomic E-state index is 0.253. The third-order valence-electron chi connectivity index (χ3n) is 3.98. The van der Waals surface area contributed by atoms with Crippen LogP contribution in [0.15, 0.2) is 36.4 Å². The van der Waals surface area contributed by atoms with Crippen molar-refractivity contribution in [1.82, 2.24) is 10.2 Å². The second-order valence-corrected chi connectivity index (χ2v) is 6.44. The number of hydrogen-bond donors (Lipinski definition) is 1. The summed E-state index contributed by atoms with van der Waals surface area (Å²) in [5.41, 5.74) is 2.11. The molecule has 1 aliphatic rings. The number of piperidine rings is 1. The highest BCUT2D eigenvalue weighted by Crippen LogP contribution is 2.20. The van der Waals surface area contributed by atoms with Crippen molar-refractivity contribution in [2.45, 2.75) is 38.5 Å². The minimum atomic E-state index is -4.31. The molecule has 1 aromatic carbocycles. The van der Waals surface area contributed by atoms with Crippen molar-refractivity contribution in [3.8, 4) is 5.75 Å². The Balaban J connectivity index is 1.75. The van der Waals surface area contributed by atoms with Gasteiger partial charge in [0.1, 0.15) is 5.75 Å². The minimum Gasteiger partial charge on any atom is -0.484 e. The van der Waals surface area contributed by atoms with Crippen molar-refractivity contribution in [2.75, 3.05) is 26.2 Å². The van der Waals surface area contributed by atoms with E-state index in [1.807, 2.05) is 13.0 Å². The van der Waals surface area contributed by atoms with Crippen molar-refractivity contribution < 1.29 is 17.9 Å². The molecule has 3 nitrogen and oxygen atoms in total. The van der Waals surface area contributed by atoms with Gasteiger partial charge in [-0.25, -0.2) is 0 Å². The number of hydrogen-bond acceptors (Lipinski definition) is 3. The summed E-state index contributed by atoms with van der Waals surface area (Å²) in [6.07, 6.45) is -2.18. The van der Waals surface area contributed by atoms with E-state index in [0.717, 1.165) is 38.0 Å². The Kier molecular flexibility index (Phi) is 6.69. The van der Waals surface area contributed by atoms with Gasteiger partial charge in [-0.05, 0) is 50.6 Å². The summed E-state index contributed by atoms with van der Waals surface area (Å²) in [5, 5.41) is 3.48. The van der Waals surface area contributed by atoms with Crippen LogP contribution in [0.25, 0.3) is 0 Å². The van der Waals surface area contributed by atoms with Gasteiger partial charge in [0.2, 0.25) is 0 Å². The number of nitrogens with one attached hydrogen (secondary N) is 1. The number of nitrogens with zero attached hydrogens (tertiary/aromatic N) is 1. The maximum atomic E-state index is 12.2. The number of halogens is 3. The van der Waals surface area contributed by atoms with E-state index in [0.29, 0.717) is 12.6 Å². The summed E-state index contributed by atoms with van der Waals surface area (Å²) >= 11 is 0. The normalized spacial score (nSPS) is 17.0. The number of likely N-dealkylation sites (tertiary alicyclic amines) is 1. The Morgan fingerprint density at radius 1 is 1.33 bits per heavy atom. The van der Waals surface area contributed by atoms with Gasteiger partial charge < -0.3 is 10.1 Å². The molecule has 1 fully saturated rings. The van der Waals surface area contributed by atoms with Gasteiger partial charge in [-0.1, -0.05) is 24.3 Å². The van der Waals surface area contributed by atoms with E-state index in [2.05, 4.69) is 16.8 Å². The molecule has 0 bridgehead atoms. The van der Waals surface area contributed by atoms with Crippen LogP contribution >= 0.6 is 0 Å². The molecule has 0 saturated carbocycles. The molecule has 0 radical (unpaired) electrons. The van der Waals surface area contributed by atoms with Gasteiger partial charge in [0.25, 0.3) is 0 Å². The Labute approximate surface area is 141 Å². The Bertz CT molecular complexity index is 537. The van der Waals surface area contributed by atoms with E-state index in [-0.39, 0.29) is 5.75 Å². The molecule has 0 unspecified atom stereocenters. The molecule has 0 spiro atoms. The molecular weight excluding hydrogens is 317 g/mol. The van der Waals surface area contributed by atoms with Crippen LogP contribution in [0.3, 0.4) is 0 Å². The fourth-order valence-electron chi connectivity index (χ4n) is 2.85. The van der Waals surface area contributed by atoms with Gasteiger partial charge in [-0.3, -0.25) is 4.90 Å². The average Bonchev–Trinajstić information content (AvgIpc) is 2.52. The van der Waals surface area contributed by atoms with Gasteiger partial charge in [-0.2, -0.15) is 13.2 Å². The van der Waals surface area contributed by atoms with Crippen LogP contribution in [-0.2, 0) is 6.54 Å². The molecule has 1 aromatic rings. The van der Waals surface area contributed by atoms with Crippen LogP contribution in [0.5, 0.6) is 5.75 Å². The first-order chi connectivity index (χ1) is 11.3. The highest BCUT2D eigenvalue weighted by Gasteiger charge is 2.28. The number of ether oxygens (including phenoxy) is 1. The Hall–Kier alpha value is -1.53. The van der Waals surface area contributed by atoms with Crippen LogP contribution < -0.4 is 10.1 Å². The first kappa shape index (κ1) is 18.8. The molecule has 0 aliphatic carbocycles. The first-order valence-electron chi connectivity index (χ1n) is 8.20. The zero-order valence-corrected chi connectivity index (χ0v) is 14.0. The van der Waals surface area contributed by atoms with Gasteiger partial charge in [0.15, 0.2) is 6.61 Å². The smallest absolute Gasteiger partial charge is 0.422 e. The largest absolute Gasteiger partial charge is 0.484 e. The maximum absolute atomic E-state index is 12.2. The molecule has 0 amide bonds. The standard InChI is InChI=1S/C18H25F3N2O/c1-14(2)12-23-8-6-16(7-9-23)22-11-15-4-3-5-17(10-15)24-13-18(19,20)21/h3-5,10,16,22H,1,6-9,11-13H2,2H3. The number of alkyl halides is 3. The monoisotopic (exact) mass is 342 g/mol. The lowest BCUT2D eigenvalue weighted by molar-refractivity contribution is -0.153.